The first kappa shape index (κ1) is 23.8. The molecule has 1 aliphatic rings. The van der Waals surface area contributed by atoms with E-state index < -0.39 is 0 Å². The first-order chi connectivity index (χ1) is 17.5. The zero-order valence-electron chi connectivity index (χ0n) is 20.5. The van der Waals surface area contributed by atoms with Gasteiger partial charge in [-0.2, -0.15) is 5.10 Å². The van der Waals surface area contributed by atoms with Crippen molar-refractivity contribution >= 4 is 23.0 Å². The molecular formula is C26H31N7O3. The minimum atomic E-state index is -0.278. The molecule has 188 valence electrons. The molecule has 10 nitrogen and oxygen atoms in total. The summed E-state index contributed by atoms with van der Waals surface area (Å²) in [5.41, 5.74) is 8.76. The number of ether oxygens (including phenoxy) is 1. The third-order valence-electron chi connectivity index (χ3n) is 6.82. The van der Waals surface area contributed by atoms with Crippen molar-refractivity contribution in [3.8, 4) is 17.0 Å². The molecule has 5 rings (SSSR count). The Balaban J connectivity index is 1.27. The van der Waals surface area contributed by atoms with Crippen molar-refractivity contribution in [1.29, 1.82) is 0 Å². The van der Waals surface area contributed by atoms with Gasteiger partial charge in [-0.1, -0.05) is 13.3 Å². The minimum Gasteiger partial charge on any atom is -0.494 e. The monoisotopic (exact) mass is 489 g/mol. The molecule has 0 aliphatic carbocycles. The second-order valence-corrected chi connectivity index (χ2v) is 9.25. The molecule has 36 heavy (non-hydrogen) atoms. The van der Waals surface area contributed by atoms with Crippen molar-refractivity contribution < 1.29 is 14.3 Å². The Morgan fingerprint density at radius 1 is 1.11 bits per heavy atom. The largest absolute Gasteiger partial charge is 0.494 e. The number of benzene rings is 1. The summed E-state index contributed by atoms with van der Waals surface area (Å²) in [7, 11) is 0. The van der Waals surface area contributed by atoms with Crippen LogP contribution in [-0.4, -0.2) is 60.6 Å². The van der Waals surface area contributed by atoms with Gasteiger partial charge >= 0.3 is 0 Å². The van der Waals surface area contributed by atoms with Crippen LogP contribution in [0.2, 0.25) is 0 Å². The zero-order valence-corrected chi connectivity index (χ0v) is 20.5. The molecule has 0 unspecified atom stereocenters. The number of hydrogen-bond acceptors (Lipinski definition) is 6. The number of nitrogens with two attached hydrogens (primary N) is 1. The number of unbranched alkanes of at least 4 members (excludes halogenated alkanes) is 1. The van der Waals surface area contributed by atoms with Crippen LogP contribution in [0.25, 0.3) is 22.4 Å². The number of fused-ring (bicyclic) bond motifs is 3. The maximum Gasteiger partial charge on any atom is 0.223 e. The molecule has 3 aromatic heterocycles. The number of carbonyl (C=O) groups excluding carboxylic acids is 2. The summed E-state index contributed by atoms with van der Waals surface area (Å²) in [6.45, 7) is 4.00. The third kappa shape index (κ3) is 4.89. The number of likely N-dealkylation sites (tertiary alicyclic amines) is 1. The Kier molecular flexibility index (Phi) is 6.84. The second-order valence-electron chi connectivity index (χ2n) is 9.25. The Morgan fingerprint density at radius 2 is 1.89 bits per heavy atom. The molecule has 1 saturated heterocycles. The van der Waals surface area contributed by atoms with Crippen LogP contribution in [0.15, 0.2) is 42.7 Å². The molecule has 1 aromatic carbocycles. The third-order valence-corrected chi connectivity index (χ3v) is 6.82. The molecule has 1 aliphatic heterocycles. The van der Waals surface area contributed by atoms with E-state index in [0.717, 1.165) is 47.8 Å². The van der Waals surface area contributed by atoms with E-state index in [1.165, 1.54) is 0 Å². The fourth-order valence-electron chi connectivity index (χ4n) is 4.62. The van der Waals surface area contributed by atoms with Crippen molar-refractivity contribution in [3.63, 3.8) is 0 Å². The Bertz CT molecular complexity index is 1370. The van der Waals surface area contributed by atoms with Gasteiger partial charge in [0.1, 0.15) is 17.1 Å². The lowest BCUT2D eigenvalue weighted by Gasteiger charge is -2.30. The summed E-state index contributed by atoms with van der Waals surface area (Å²) in [6, 6.07) is 9.94. The summed E-state index contributed by atoms with van der Waals surface area (Å²) in [5.74, 6) is 1.23. The van der Waals surface area contributed by atoms with Crippen LogP contribution in [-0.2, 0) is 16.0 Å². The maximum atomic E-state index is 12.7. The Hall–Kier alpha value is -3.95. The molecule has 0 atom stereocenters. The summed E-state index contributed by atoms with van der Waals surface area (Å²) in [6.07, 6.45) is 7.96. The molecule has 0 saturated carbocycles. The van der Waals surface area contributed by atoms with Gasteiger partial charge in [-0.3, -0.25) is 14.0 Å². The highest BCUT2D eigenvalue weighted by Gasteiger charge is 2.26. The quantitative estimate of drug-likeness (QED) is 0.361. The number of nitrogens with zero attached hydrogens (tertiary/aromatic N) is 6. The van der Waals surface area contributed by atoms with Crippen molar-refractivity contribution in [2.75, 3.05) is 19.7 Å². The highest BCUT2D eigenvalue weighted by molar-refractivity contribution is 5.79. The van der Waals surface area contributed by atoms with E-state index in [0.29, 0.717) is 44.4 Å². The molecule has 2 N–H and O–H groups in total. The van der Waals surface area contributed by atoms with Gasteiger partial charge in [-0.05, 0) is 49.6 Å². The molecule has 1 fully saturated rings. The van der Waals surface area contributed by atoms with Crippen molar-refractivity contribution in [2.24, 2.45) is 11.7 Å². The SMILES string of the molecule is CCCCOc1ccc(-c2cc3c4nnc(CCC(=O)N5CCC(C(N)=O)CC5)n4ccn3n2)cc1. The van der Waals surface area contributed by atoms with Crippen LogP contribution in [0.5, 0.6) is 5.75 Å². The summed E-state index contributed by atoms with van der Waals surface area (Å²) in [4.78, 5) is 25.9. The number of rotatable bonds is 9. The number of amides is 2. The van der Waals surface area contributed by atoms with Crippen molar-refractivity contribution in [2.45, 2.75) is 45.4 Å². The molecule has 2 amide bonds. The maximum absolute atomic E-state index is 12.7. The number of carbonyl (C=O) groups is 2. The average Bonchev–Trinajstić information content (AvgIpc) is 3.52. The first-order valence-electron chi connectivity index (χ1n) is 12.6. The van der Waals surface area contributed by atoms with Gasteiger partial charge in [-0.25, -0.2) is 4.52 Å². The Labute approximate surface area is 209 Å². The highest BCUT2D eigenvalue weighted by Crippen LogP contribution is 2.25. The molecule has 4 heterocycles. The lowest BCUT2D eigenvalue weighted by Crippen LogP contribution is -2.41. The normalized spacial score (nSPS) is 14.5. The van der Waals surface area contributed by atoms with Gasteiger partial charge in [-0.15, -0.1) is 10.2 Å². The van der Waals surface area contributed by atoms with Crippen LogP contribution < -0.4 is 10.5 Å². The summed E-state index contributed by atoms with van der Waals surface area (Å²) >= 11 is 0. The smallest absolute Gasteiger partial charge is 0.223 e. The fourth-order valence-corrected chi connectivity index (χ4v) is 4.62. The lowest BCUT2D eigenvalue weighted by atomic mass is 9.96. The van der Waals surface area contributed by atoms with E-state index in [1.807, 2.05) is 52.0 Å². The number of aromatic nitrogens is 5. The first-order valence-corrected chi connectivity index (χ1v) is 12.6. The molecular weight excluding hydrogens is 458 g/mol. The fraction of sp³-hybridized carbons (Fsp3) is 0.423. The second kappa shape index (κ2) is 10.3. The summed E-state index contributed by atoms with van der Waals surface area (Å²) in [5, 5.41) is 13.4. The number of piperidine rings is 1. The lowest BCUT2D eigenvalue weighted by molar-refractivity contribution is -0.134. The molecule has 4 aromatic rings. The molecule has 10 heteroatoms. The molecule has 0 radical (unpaired) electrons. The minimum absolute atomic E-state index is 0.0597. The topological polar surface area (TPSA) is 120 Å². The standard InChI is InChI=1S/C26H31N7O3/c1-2-3-16-36-20-6-4-18(5-7-20)21-17-22-26-29-28-23(32(26)14-15-33(22)30-21)8-9-24(34)31-12-10-19(11-13-31)25(27)35/h4-7,14-15,17,19H,2-3,8-13,16H2,1H3,(H2,27,35). The van der Waals surface area contributed by atoms with Crippen LogP contribution in [0.1, 0.15) is 44.9 Å². The highest BCUT2D eigenvalue weighted by atomic mass is 16.5. The molecule has 0 spiro atoms. The van der Waals surface area contributed by atoms with Gasteiger partial charge in [0.05, 0.1) is 12.3 Å². The predicted octanol–water partition coefficient (Wildman–Crippen LogP) is 2.88. The van der Waals surface area contributed by atoms with Crippen molar-refractivity contribution in [1.82, 2.24) is 29.1 Å². The predicted molar refractivity (Wildman–Crippen MR) is 134 cm³/mol. The van der Waals surface area contributed by atoms with E-state index in [1.54, 1.807) is 4.52 Å². The van der Waals surface area contributed by atoms with Gasteiger partial charge in [0, 0.05) is 49.8 Å². The van der Waals surface area contributed by atoms with E-state index in [2.05, 4.69) is 17.1 Å². The van der Waals surface area contributed by atoms with Crippen LogP contribution in [0, 0.1) is 5.92 Å². The number of aryl methyl sites for hydroxylation is 1. The van der Waals surface area contributed by atoms with Crippen molar-refractivity contribution in [3.05, 3.63) is 48.5 Å². The number of hydrogen-bond donors (Lipinski definition) is 1. The van der Waals surface area contributed by atoms with E-state index in [-0.39, 0.29) is 17.7 Å². The van der Waals surface area contributed by atoms with E-state index in [4.69, 9.17) is 15.6 Å². The van der Waals surface area contributed by atoms with Crippen LogP contribution >= 0.6 is 0 Å². The summed E-state index contributed by atoms with van der Waals surface area (Å²) < 4.78 is 9.47. The Morgan fingerprint density at radius 3 is 2.61 bits per heavy atom. The van der Waals surface area contributed by atoms with Gasteiger partial charge < -0.3 is 15.4 Å². The van der Waals surface area contributed by atoms with Crippen LogP contribution in [0.4, 0.5) is 0 Å². The zero-order chi connectivity index (χ0) is 25.1. The number of primary amides is 1. The van der Waals surface area contributed by atoms with Crippen LogP contribution in [0.3, 0.4) is 0 Å². The van der Waals surface area contributed by atoms with Gasteiger partial charge in [0.2, 0.25) is 11.8 Å². The van der Waals surface area contributed by atoms with E-state index in [9.17, 15) is 9.59 Å². The average molecular weight is 490 g/mol. The van der Waals surface area contributed by atoms with Gasteiger partial charge in [0.15, 0.2) is 5.65 Å². The molecule has 0 bridgehead atoms. The van der Waals surface area contributed by atoms with E-state index >= 15 is 0 Å². The van der Waals surface area contributed by atoms with Gasteiger partial charge in [0.25, 0.3) is 0 Å².